The van der Waals surface area contributed by atoms with Crippen molar-refractivity contribution in [3.05, 3.63) is 34.9 Å². The standard InChI is InChI=1S/C18H24Br2O2/c1-17(2,3)12-9-11(7-8-14(21)16(19)20)10-13(15(12)22)18(4,5)6/h7-10,16,22H,1-6H3/b8-7+. The molecule has 2 nitrogen and oxygen atoms in total. The van der Waals surface area contributed by atoms with Gasteiger partial charge in [-0.2, -0.15) is 0 Å². The predicted octanol–water partition coefficient (Wildman–Crippen LogP) is 5.69. The summed E-state index contributed by atoms with van der Waals surface area (Å²) < 4.78 is -0.377. The first-order valence-electron chi connectivity index (χ1n) is 7.22. The van der Waals surface area contributed by atoms with Crippen LogP contribution in [0.15, 0.2) is 18.2 Å². The van der Waals surface area contributed by atoms with E-state index in [1.165, 1.54) is 0 Å². The van der Waals surface area contributed by atoms with E-state index in [0.717, 1.165) is 16.7 Å². The number of phenols is 1. The summed E-state index contributed by atoms with van der Waals surface area (Å²) in [6.07, 6.45) is 3.33. The average molecular weight is 432 g/mol. The molecule has 0 fully saturated rings. The van der Waals surface area contributed by atoms with Gasteiger partial charge in [0, 0.05) is 11.1 Å². The number of carbonyl (C=O) groups excluding carboxylic acids is 1. The van der Waals surface area contributed by atoms with Crippen LogP contribution in [0, 0.1) is 0 Å². The Balaban J connectivity index is 3.45. The fourth-order valence-corrected chi connectivity index (χ4v) is 2.45. The van der Waals surface area contributed by atoms with Gasteiger partial charge in [-0.25, -0.2) is 0 Å². The number of hydrogen-bond acceptors (Lipinski definition) is 2. The molecule has 0 saturated carbocycles. The van der Waals surface area contributed by atoms with Crippen molar-refractivity contribution in [3.63, 3.8) is 0 Å². The lowest BCUT2D eigenvalue weighted by molar-refractivity contribution is -0.112. The number of carbonyl (C=O) groups is 1. The van der Waals surface area contributed by atoms with E-state index >= 15 is 0 Å². The van der Waals surface area contributed by atoms with E-state index in [9.17, 15) is 9.90 Å². The van der Waals surface area contributed by atoms with E-state index < -0.39 is 0 Å². The SMILES string of the molecule is CC(C)(C)c1cc(/C=C/C(=O)C(Br)Br)cc(C(C)(C)C)c1O. The van der Waals surface area contributed by atoms with Gasteiger partial charge in [0.15, 0.2) is 5.78 Å². The number of phenolic OH excluding ortho intramolecular Hbond substituents is 1. The summed E-state index contributed by atoms with van der Waals surface area (Å²) in [5.41, 5.74) is 2.35. The Hall–Kier alpha value is -0.610. The first-order chi connectivity index (χ1) is 9.84. The lowest BCUT2D eigenvalue weighted by Crippen LogP contribution is -2.17. The molecule has 22 heavy (non-hydrogen) atoms. The highest BCUT2D eigenvalue weighted by molar-refractivity contribution is 9.25. The Morgan fingerprint density at radius 1 is 1.05 bits per heavy atom. The third-order valence-electron chi connectivity index (χ3n) is 3.40. The van der Waals surface area contributed by atoms with Crippen molar-refractivity contribution >= 4 is 43.7 Å². The number of rotatable bonds is 3. The molecular formula is C18H24Br2O2. The molecule has 122 valence electrons. The van der Waals surface area contributed by atoms with Crippen LogP contribution in [-0.2, 0) is 15.6 Å². The van der Waals surface area contributed by atoms with Gasteiger partial charge >= 0.3 is 0 Å². The Labute approximate surface area is 150 Å². The molecule has 0 radical (unpaired) electrons. The molecule has 0 aliphatic heterocycles. The minimum absolute atomic E-state index is 0.0531. The van der Waals surface area contributed by atoms with Crippen LogP contribution in [0.25, 0.3) is 6.08 Å². The highest BCUT2D eigenvalue weighted by atomic mass is 79.9. The molecule has 0 bridgehead atoms. The van der Waals surface area contributed by atoms with Gasteiger partial charge < -0.3 is 5.11 Å². The van der Waals surface area contributed by atoms with E-state index in [0.29, 0.717) is 5.75 Å². The van der Waals surface area contributed by atoms with E-state index in [-0.39, 0.29) is 20.3 Å². The number of alkyl halides is 2. The van der Waals surface area contributed by atoms with Gasteiger partial charge in [0.05, 0.1) is 0 Å². The first-order valence-corrected chi connectivity index (χ1v) is 9.05. The topological polar surface area (TPSA) is 37.3 Å². The lowest BCUT2D eigenvalue weighted by atomic mass is 9.78. The van der Waals surface area contributed by atoms with Crippen molar-refractivity contribution in [2.75, 3.05) is 0 Å². The van der Waals surface area contributed by atoms with Crippen molar-refractivity contribution < 1.29 is 9.90 Å². The highest BCUT2D eigenvalue weighted by Crippen LogP contribution is 2.40. The van der Waals surface area contributed by atoms with Crippen LogP contribution < -0.4 is 0 Å². The van der Waals surface area contributed by atoms with Gasteiger partial charge in [0.2, 0.25) is 0 Å². The van der Waals surface area contributed by atoms with E-state index in [1.54, 1.807) is 12.2 Å². The van der Waals surface area contributed by atoms with Crippen molar-refractivity contribution in [1.82, 2.24) is 0 Å². The predicted molar refractivity (Wildman–Crippen MR) is 101 cm³/mol. The number of allylic oxidation sites excluding steroid dienone is 1. The third-order valence-corrected chi connectivity index (χ3v) is 4.31. The van der Waals surface area contributed by atoms with Crippen LogP contribution >= 0.6 is 31.9 Å². The van der Waals surface area contributed by atoms with Gasteiger partial charge in [0.1, 0.15) is 9.49 Å². The maximum atomic E-state index is 11.7. The minimum atomic E-state index is -0.377. The molecule has 0 saturated heterocycles. The number of aromatic hydroxyl groups is 1. The zero-order valence-electron chi connectivity index (χ0n) is 14.0. The number of halogens is 2. The molecule has 4 heteroatoms. The van der Waals surface area contributed by atoms with Crippen LogP contribution in [0.1, 0.15) is 58.2 Å². The Kier molecular flexibility index (Phi) is 6.07. The van der Waals surface area contributed by atoms with E-state index in [1.807, 2.05) is 12.1 Å². The summed E-state index contributed by atoms with van der Waals surface area (Å²) in [5, 5.41) is 10.6. The maximum absolute atomic E-state index is 11.7. The monoisotopic (exact) mass is 430 g/mol. The Morgan fingerprint density at radius 3 is 1.77 bits per heavy atom. The quantitative estimate of drug-likeness (QED) is 0.493. The zero-order valence-corrected chi connectivity index (χ0v) is 17.2. The van der Waals surface area contributed by atoms with Crippen molar-refractivity contribution in [1.29, 1.82) is 0 Å². The summed E-state index contributed by atoms with van der Waals surface area (Å²) in [5.74, 6) is 0.296. The van der Waals surface area contributed by atoms with E-state index in [4.69, 9.17) is 0 Å². The molecule has 0 spiro atoms. The summed E-state index contributed by atoms with van der Waals surface area (Å²) in [6, 6.07) is 3.90. The van der Waals surface area contributed by atoms with Crippen LogP contribution in [-0.4, -0.2) is 14.6 Å². The van der Waals surface area contributed by atoms with Crippen LogP contribution in [0.5, 0.6) is 5.75 Å². The van der Waals surface area contributed by atoms with Gasteiger partial charge in [-0.05, 0) is 34.6 Å². The van der Waals surface area contributed by atoms with Crippen molar-refractivity contribution in [2.24, 2.45) is 0 Å². The van der Waals surface area contributed by atoms with Gasteiger partial charge in [0.25, 0.3) is 0 Å². The number of benzene rings is 1. The molecule has 0 atom stereocenters. The second kappa shape index (κ2) is 6.88. The minimum Gasteiger partial charge on any atom is -0.507 e. The first kappa shape index (κ1) is 19.4. The molecule has 0 heterocycles. The van der Waals surface area contributed by atoms with E-state index in [2.05, 4.69) is 73.4 Å². The molecule has 0 aliphatic carbocycles. The molecular weight excluding hydrogens is 408 g/mol. The zero-order chi connectivity index (χ0) is 17.3. The summed E-state index contributed by atoms with van der Waals surface area (Å²) in [4.78, 5) is 11.7. The second-order valence-electron chi connectivity index (χ2n) is 7.50. The van der Waals surface area contributed by atoms with Crippen LogP contribution in [0.3, 0.4) is 0 Å². The van der Waals surface area contributed by atoms with Gasteiger partial charge in [-0.3, -0.25) is 4.79 Å². The van der Waals surface area contributed by atoms with Gasteiger partial charge in [-0.15, -0.1) is 0 Å². The van der Waals surface area contributed by atoms with Crippen LogP contribution in [0.2, 0.25) is 0 Å². The number of hydrogen-bond donors (Lipinski definition) is 1. The van der Waals surface area contributed by atoms with Crippen molar-refractivity contribution in [2.45, 2.75) is 56.1 Å². The highest BCUT2D eigenvalue weighted by Gasteiger charge is 2.26. The third kappa shape index (κ3) is 4.95. The average Bonchev–Trinajstić information content (AvgIpc) is 2.33. The molecule has 0 unspecified atom stereocenters. The lowest BCUT2D eigenvalue weighted by Gasteiger charge is -2.27. The molecule has 0 aromatic heterocycles. The largest absolute Gasteiger partial charge is 0.507 e. The smallest absolute Gasteiger partial charge is 0.179 e. The van der Waals surface area contributed by atoms with Crippen LogP contribution in [0.4, 0.5) is 0 Å². The van der Waals surface area contributed by atoms with Gasteiger partial charge in [-0.1, -0.05) is 79.5 Å². The summed E-state index contributed by atoms with van der Waals surface area (Å²) in [6.45, 7) is 12.4. The maximum Gasteiger partial charge on any atom is 0.179 e. The normalized spacial score (nSPS) is 13.1. The fourth-order valence-electron chi connectivity index (χ4n) is 2.15. The summed E-state index contributed by atoms with van der Waals surface area (Å²) in [7, 11) is 0. The van der Waals surface area contributed by atoms with Crippen molar-refractivity contribution in [3.8, 4) is 5.75 Å². The molecule has 0 amide bonds. The number of ketones is 1. The molecule has 1 aromatic rings. The molecule has 1 N–H and O–H groups in total. The Bertz CT molecular complexity index is 553. The Morgan fingerprint density at radius 2 is 1.45 bits per heavy atom. The second-order valence-corrected chi connectivity index (χ2v) is 10.6. The fraction of sp³-hybridized carbons (Fsp3) is 0.500. The molecule has 1 aromatic carbocycles. The molecule has 1 rings (SSSR count). The summed E-state index contributed by atoms with van der Waals surface area (Å²) >= 11 is 6.39. The molecule has 0 aliphatic rings.